The fraction of sp³-hybridized carbons (Fsp3) is 0.500. The van der Waals surface area contributed by atoms with Gasteiger partial charge in [0.1, 0.15) is 6.04 Å². The van der Waals surface area contributed by atoms with Crippen molar-refractivity contribution in [3.63, 3.8) is 0 Å². The zero-order chi connectivity index (χ0) is 11.7. The lowest BCUT2D eigenvalue weighted by molar-refractivity contribution is 0.391. The molecule has 0 spiro atoms. The van der Waals surface area contributed by atoms with Crippen LogP contribution in [0.25, 0.3) is 0 Å². The van der Waals surface area contributed by atoms with Crippen LogP contribution in [-0.4, -0.2) is 11.3 Å². The van der Waals surface area contributed by atoms with Crippen LogP contribution >= 0.6 is 11.6 Å². The summed E-state index contributed by atoms with van der Waals surface area (Å²) in [6.45, 7) is 0. The molecule has 3 heteroatoms. The van der Waals surface area contributed by atoms with Gasteiger partial charge in [-0.05, 0) is 41.5 Å². The molecule has 3 rings (SSSR count). The van der Waals surface area contributed by atoms with Crippen molar-refractivity contribution in [1.29, 1.82) is 0 Å². The Balaban J connectivity index is 1.87. The maximum atomic E-state index is 5.98. The number of amidine groups is 1. The second-order valence-corrected chi connectivity index (χ2v) is 5.33. The van der Waals surface area contributed by atoms with E-state index in [1.807, 2.05) is 6.20 Å². The van der Waals surface area contributed by atoms with Crippen molar-refractivity contribution in [2.75, 3.05) is 0 Å². The van der Waals surface area contributed by atoms with Crippen LogP contribution in [0.4, 0.5) is 0 Å². The van der Waals surface area contributed by atoms with Crippen LogP contribution in [0.1, 0.15) is 32.1 Å². The Morgan fingerprint density at radius 3 is 2.88 bits per heavy atom. The minimum Gasteiger partial charge on any atom is -0.337 e. The predicted molar refractivity (Wildman–Crippen MR) is 72.1 cm³/mol. The number of nitrogens with one attached hydrogen (secondary N) is 1. The molecule has 0 aromatic rings. The minimum absolute atomic E-state index is 0.164. The van der Waals surface area contributed by atoms with E-state index in [0.29, 0.717) is 11.2 Å². The smallest absolute Gasteiger partial charge is 0.196 e. The molecule has 90 valence electrons. The monoisotopic (exact) mass is 248 g/mol. The molecular formula is C14H17ClN2. The van der Waals surface area contributed by atoms with Crippen LogP contribution in [0, 0.1) is 5.92 Å². The molecule has 3 aliphatic rings. The molecular weight excluding hydrogens is 232 g/mol. The quantitative estimate of drug-likeness (QED) is 0.706. The third-order valence-corrected chi connectivity index (χ3v) is 4.09. The molecule has 0 radical (unpaired) electrons. The van der Waals surface area contributed by atoms with Crippen molar-refractivity contribution in [3.8, 4) is 0 Å². The van der Waals surface area contributed by atoms with Gasteiger partial charge in [0.25, 0.3) is 0 Å². The van der Waals surface area contributed by atoms with E-state index in [4.69, 9.17) is 11.6 Å². The lowest BCUT2D eigenvalue weighted by atomic mass is 9.77. The first kappa shape index (κ1) is 11.1. The fourth-order valence-corrected chi connectivity index (χ4v) is 3.16. The van der Waals surface area contributed by atoms with E-state index in [1.165, 1.54) is 43.3 Å². The summed E-state index contributed by atoms with van der Waals surface area (Å²) in [5.74, 6) is 0.702. The molecule has 17 heavy (non-hydrogen) atoms. The molecule has 0 aromatic carbocycles. The van der Waals surface area contributed by atoms with Crippen LogP contribution in [0.3, 0.4) is 0 Å². The molecule has 1 fully saturated rings. The highest BCUT2D eigenvalue weighted by molar-refractivity contribution is 6.64. The summed E-state index contributed by atoms with van der Waals surface area (Å²) in [4.78, 5) is 4.54. The highest BCUT2D eigenvalue weighted by Crippen LogP contribution is 2.36. The molecule has 1 aliphatic heterocycles. The van der Waals surface area contributed by atoms with Gasteiger partial charge in [0.05, 0.1) is 0 Å². The van der Waals surface area contributed by atoms with Crippen molar-refractivity contribution >= 4 is 16.9 Å². The van der Waals surface area contributed by atoms with Gasteiger partial charge in [-0.1, -0.05) is 37.5 Å². The lowest BCUT2D eigenvalue weighted by Crippen LogP contribution is -2.29. The zero-order valence-corrected chi connectivity index (χ0v) is 10.6. The van der Waals surface area contributed by atoms with Gasteiger partial charge in [-0.25, -0.2) is 4.99 Å². The van der Waals surface area contributed by atoms with E-state index in [0.717, 1.165) is 0 Å². The fourth-order valence-electron chi connectivity index (χ4n) is 3.01. The topological polar surface area (TPSA) is 24.4 Å². The molecule has 1 saturated carbocycles. The summed E-state index contributed by atoms with van der Waals surface area (Å²) in [5, 5.41) is 3.49. The predicted octanol–water partition coefficient (Wildman–Crippen LogP) is 3.51. The number of aliphatic imine (C=N–C) groups is 1. The molecule has 1 heterocycles. The number of hydrogen-bond acceptors (Lipinski definition) is 2. The summed E-state index contributed by atoms with van der Waals surface area (Å²) >= 11 is 5.98. The Kier molecular flexibility index (Phi) is 3.06. The van der Waals surface area contributed by atoms with E-state index in [2.05, 4.69) is 28.5 Å². The SMILES string of the molecule is ClC1=NC2C(=CN1)C=CC=C2C1CCCCC1. The van der Waals surface area contributed by atoms with Crippen LogP contribution < -0.4 is 5.32 Å². The van der Waals surface area contributed by atoms with Gasteiger partial charge < -0.3 is 5.32 Å². The Morgan fingerprint density at radius 1 is 1.24 bits per heavy atom. The summed E-state index contributed by atoms with van der Waals surface area (Å²) in [6, 6.07) is 0.164. The van der Waals surface area contributed by atoms with E-state index in [1.54, 1.807) is 0 Å². The Bertz CT molecular complexity index is 426. The normalized spacial score (nSPS) is 28.8. The average molecular weight is 249 g/mol. The number of rotatable bonds is 1. The number of hydrogen-bond donors (Lipinski definition) is 1. The van der Waals surface area contributed by atoms with Crippen LogP contribution in [-0.2, 0) is 0 Å². The highest BCUT2D eigenvalue weighted by atomic mass is 35.5. The highest BCUT2D eigenvalue weighted by Gasteiger charge is 2.28. The van der Waals surface area contributed by atoms with Crippen molar-refractivity contribution in [1.82, 2.24) is 5.32 Å². The maximum absolute atomic E-state index is 5.98. The largest absolute Gasteiger partial charge is 0.337 e. The van der Waals surface area contributed by atoms with Crippen molar-refractivity contribution in [2.24, 2.45) is 10.9 Å². The van der Waals surface area contributed by atoms with E-state index >= 15 is 0 Å². The molecule has 1 unspecified atom stereocenters. The summed E-state index contributed by atoms with van der Waals surface area (Å²) < 4.78 is 0. The second kappa shape index (κ2) is 4.69. The first-order chi connectivity index (χ1) is 8.34. The standard InChI is InChI=1S/C14H17ClN2/c15-14-16-9-11-7-4-8-12(13(11)17-14)10-5-2-1-3-6-10/h4,7-10,13H,1-3,5-6H2,(H,16,17). The molecule has 2 nitrogen and oxygen atoms in total. The summed E-state index contributed by atoms with van der Waals surface area (Å²) in [5.41, 5.74) is 2.69. The molecule has 0 bridgehead atoms. The van der Waals surface area contributed by atoms with Crippen molar-refractivity contribution < 1.29 is 0 Å². The molecule has 1 N–H and O–H groups in total. The Morgan fingerprint density at radius 2 is 2.06 bits per heavy atom. The van der Waals surface area contributed by atoms with Gasteiger partial charge in [-0.15, -0.1) is 0 Å². The first-order valence-corrected chi connectivity index (χ1v) is 6.80. The van der Waals surface area contributed by atoms with Crippen molar-refractivity contribution in [3.05, 3.63) is 35.6 Å². The van der Waals surface area contributed by atoms with Gasteiger partial charge in [-0.3, -0.25) is 0 Å². The average Bonchev–Trinajstić information content (AvgIpc) is 2.39. The summed E-state index contributed by atoms with van der Waals surface area (Å²) in [6.07, 6.45) is 15.2. The Labute approximate surface area is 107 Å². The number of halogens is 1. The van der Waals surface area contributed by atoms with Gasteiger partial charge in [-0.2, -0.15) is 0 Å². The molecule has 1 atom stereocenters. The summed E-state index contributed by atoms with van der Waals surface area (Å²) in [7, 11) is 0. The van der Waals surface area contributed by atoms with Crippen molar-refractivity contribution in [2.45, 2.75) is 38.1 Å². The third kappa shape index (κ3) is 2.19. The van der Waals surface area contributed by atoms with E-state index in [-0.39, 0.29) is 6.04 Å². The number of allylic oxidation sites excluding steroid dienone is 2. The van der Waals surface area contributed by atoms with Crippen LogP contribution in [0.2, 0.25) is 0 Å². The van der Waals surface area contributed by atoms with Crippen LogP contribution in [0.15, 0.2) is 40.6 Å². The zero-order valence-electron chi connectivity index (χ0n) is 9.82. The first-order valence-electron chi connectivity index (χ1n) is 6.42. The number of nitrogens with zero attached hydrogens (tertiary/aromatic N) is 1. The van der Waals surface area contributed by atoms with E-state index in [9.17, 15) is 0 Å². The van der Waals surface area contributed by atoms with Gasteiger partial charge >= 0.3 is 0 Å². The second-order valence-electron chi connectivity index (χ2n) is 4.97. The van der Waals surface area contributed by atoms with Gasteiger partial charge in [0.2, 0.25) is 0 Å². The Hall–Kier alpha value is -1.02. The lowest BCUT2D eigenvalue weighted by Gasteiger charge is -2.31. The number of fused-ring (bicyclic) bond motifs is 1. The molecule has 0 aromatic heterocycles. The third-order valence-electron chi connectivity index (χ3n) is 3.89. The van der Waals surface area contributed by atoms with Gasteiger partial charge in [0, 0.05) is 6.20 Å². The molecule has 0 saturated heterocycles. The van der Waals surface area contributed by atoms with E-state index < -0.39 is 0 Å². The molecule has 2 aliphatic carbocycles. The maximum Gasteiger partial charge on any atom is 0.196 e. The van der Waals surface area contributed by atoms with Gasteiger partial charge in [0.15, 0.2) is 5.29 Å². The molecule has 0 amide bonds. The van der Waals surface area contributed by atoms with Crippen LogP contribution in [0.5, 0.6) is 0 Å². The minimum atomic E-state index is 0.164.